The summed E-state index contributed by atoms with van der Waals surface area (Å²) in [7, 11) is 0. The minimum absolute atomic E-state index is 0.0627. The Kier molecular flexibility index (Phi) is 19.4. The average molecular weight is 881 g/mol. The van der Waals surface area contributed by atoms with Gasteiger partial charge in [0.15, 0.2) is 11.9 Å². The number of nitrogens with zero attached hydrogens (tertiary/aromatic N) is 4. The zero-order chi connectivity index (χ0) is 43.7. The van der Waals surface area contributed by atoms with E-state index in [1.807, 2.05) is 53.4 Å². The van der Waals surface area contributed by atoms with E-state index in [-0.39, 0.29) is 23.7 Å². The maximum atomic E-state index is 13.0. The Morgan fingerprint density at radius 1 is 0.623 bits per heavy atom. The van der Waals surface area contributed by atoms with Crippen molar-refractivity contribution in [3.05, 3.63) is 69.7 Å². The van der Waals surface area contributed by atoms with E-state index in [9.17, 15) is 9.59 Å². The summed E-state index contributed by atoms with van der Waals surface area (Å²) in [6.07, 6.45) is 23.9. The molecule has 2 aromatic carbocycles. The standard InChI is InChI=1S/C24H38ClN5O.C24H37ClN4O/c25-20-9-7-18(8-10-20)17-21(26)22(31)30-15-12-24(13-16-30,11-4-14-29-23(27)28)19-5-2-1-3-6-19;25-21-10-7-19(8-11-21)9-12-22(30)29-17-14-24(15-18-29,13-4-16-28-23(26)27)20-5-2-1-3-6-20/h7-10,19,21H,1-6,11-17,26H2,(H4,27,28,29);7-8,10-11,20H,1-6,9,12-18H2,(H4,26,27,28)/t21-;/m1./s1. The van der Waals surface area contributed by atoms with Crippen LogP contribution in [0.25, 0.3) is 0 Å². The smallest absolute Gasteiger partial charge is 0.239 e. The molecule has 4 fully saturated rings. The van der Waals surface area contributed by atoms with Crippen molar-refractivity contribution in [2.75, 3.05) is 39.3 Å². The zero-order valence-corrected chi connectivity index (χ0v) is 38.2. The maximum absolute atomic E-state index is 13.0. The van der Waals surface area contributed by atoms with Crippen LogP contribution in [0, 0.1) is 22.7 Å². The highest BCUT2D eigenvalue weighted by molar-refractivity contribution is 6.30. The van der Waals surface area contributed by atoms with Crippen molar-refractivity contribution in [1.82, 2.24) is 9.80 Å². The molecule has 0 bridgehead atoms. The first-order chi connectivity index (χ1) is 29.4. The number of carbonyl (C=O) groups is 2. The fourth-order valence-corrected chi connectivity index (χ4v) is 11.3. The van der Waals surface area contributed by atoms with Crippen molar-refractivity contribution in [3.63, 3.8) is 0 Å². The minimum atomic E-state index is -0.509. The first kappa shape index (κ1) is 48.5. The Labute approximate surface area is 376 Å². The molecule has 11 nitrogen and oxygen atoms in total. The number of piperidine rings is 2. The molecule has 61 heavy (non-hydrogen) atoms. The first-order valence-corrected chi connectivity index (χ1v) is 24.1. The second kappa shape index (κ2) is 24.3. The van der Waals surface area contributed by atoms with E-state index in [2.05, 4.69) is 14.9 Å². The van der Waals surface area contributed by atoms with Crippen molar-refractivity contribution in [2.24, 2.45) is 61.3 Å². The molecule has 2 aliphatic carbocycles. The monoisotopic (exact) mass is 880 g/mol. The number of hydrogen-bond donors (Lipinski definition) is 5. The molecular formula is C48H75Cl2N9O2. The lowest BCUT2D eigenvalue weighted by atomic mass is 9.61. The van der Waals surface area contributed by atoms with Crippen molar-refractivity contribution in [1.29, 1.82) is 0 Å². The van der Waals surface area contributed by atoms with Crippen LogP contribution in [0.15, 0.2) is 58.5 Å². The highest BCUT2D eigenvalue weighted by Crippen LogP contribution is 2.50. The zero-order valence-electron chi connectivity index (χ0n) is 36.7. The molecule has 2 saturated carbocycles. The van der Waals surface area contributed by atoms with Gasteiger partial charge in [-0.25, -0.2) is 0 Å². The number of rotatable bonds is 16. The molecule has 10 N–H and O–H groups in total. The topological polar surface area (TPSA) is 195 Å². The minimum Gasteiger partial charge on any atom is -0.370 e. The normalized spacial score (nSPS) is 19.9. The summed E-state index contributed by atoms with van der Waals surface area (Å²) in [4.78, 5) is 38.3. The van der Waals surface area contributed by atoms with Crippen LogP contribution >= 0.6 is 23.2 Å². The Balaban J connectivity index is 0.000000231. The number of hydrogen-bond acceptors (Lipinski definition) is 5. The third kappa shape index (κ3) is 15.1. The van der Waals surface area contributed by atoms with E-state index in [0.717, 1.165) is 100.0 Å². The van der Waals surface area contributed by atoms with Gasteiger partial charge in [-0.1, -0.05) is 86.0 Å². The molecule has 0 spiro atoms. The SMILES string of the molecule is NC(N)=NCCCC1(C2CCCCC2)CCN(C(=O)CCc2ccc(Cl)cc2)CC1.NC(N)=NCCCC1(C2CCCCC2)CCN(C(=O)[C@H](N)Cc2ccc(Cl)cc2)CC1. The fourth-order valence-electron chi connectivity index (χ4n) is 11.1. The largest absolute Gasteiger partial charge is 0.370 e. The van der Waals surface area contributed by atoms with E-state index in [1.54, 1.807) is 0 Å². The van der Waals surface area contributed by atoms with Gasteiger partial charge in [-0.3, -0.25) is 19.6 Å². The number of benzene rings is 2. The molecule has 2 saturated heterocycles. The number of carbonyl (C=O) groups excluding carboxylic acids is 2. The molecule has 2 aromatic rings. The van der Waals surface area contributed by atoms with Crippen molar-refractivity contribution < 1.29 is 9.59 Å². The molecule has 4 aliphatic rings. The molecule has 2 heterocycles. The predicted molar refractivity (Wildman–Crippen MR) is 252 cm³/mol. The van der Waals surface area contributed by atoms with Gasteiger partial charge in [0.1, 0.15) is 0 Å². The average Bonchev–Trinajstić information content (AvgIpc) is 3.28. The van der Waals surface area contributed by atoms with Crippen molar-refractivity contribution >= 4 is 46.9 Å². The summed E-state index contributed by atoms with van der Waals surface area (Å²) < 4.78 is 0. The van der Waals surface area contributed by atoms with Gasteiger partial charge in [0.05, 0.1) is 6.04 Å². The summed E-state index contributed by atoms with van der Waals surface area (Å²) in [6, 6.07) is 14.9. The molecule has 1 atom stereocenters. The number of nitrogens with two attached hydrogens (primary N) is 5. The van der Waals surface area contributed by atoms with E-state index in [0.29, 0.717) is 41.8 Å². The molecule has 6 rings (SSSR count). The summed E-state index contributed by atoms with van der Waals surface area (Å²) >= 11 is 11.9. The summed E-state index contributed by atoms with van der Waals surface area (Å²) in [5.41, 5.74) is 31.1. The number of guanidine groups is 2. The fraction of sp³-hybridized carbons (Fsp3) is 0.667. The quantitative estimate of drug-likeness (QED) is 0.0641. The van der Waals surface area contributed by atoms with Crippen LogP contribution in [0.1, 0.15) is 133 Å². The van der Waals surface area contributed by atoms with Crippen LogP contribution in [0.4, 0.5) is 0 Å². The Morgan fingerprint density at radius 2 is 1.03 bits per heavy atom. The lowest BCUT2D eigenvalue weighted by Gasteiger charge is -2.48. The Hall–Kier alpha value is -3.54. The van der Waals surface area contributed by atoms with E-state index in [4.69, 9.17) is 51.9 Å². The van der Waals surface area contributed by atoms with Gasteiger partial charge in [0.25, 0.3) is 0 Å². The summed E-state index contributed by atoms with van der Waals surface area (Å²) in [5.74, 6) is 2.23. The lowest BCUT2D eigenvalue weighted by Crippen LogP contribution is -2.51. The lowest BCUT2D eigenvalue weighted by molar-refractivity contribution is -0.136. The van der Waals surface area contributed by atoms with Crippen LogP contribution in [-0.2, 0) is 22.4 Å². The molecule has 13 heteroatoms. The van der Waals surface area contributed by atoms with Crippen LogP contribution in [-0.4, -0.2) is 78.8 Å². The number of aryl methyl sites for hydroxylation is 1. The molecule has 0 unspecified atom stereocenters. The molecule has 2 amide bonds. The summed E-state index contributed by atoms with van der Waals surface area (Å²) in [5, 5.41) is 1.43. The highest BCUT2D eigenvalue weighted by atomic mass is 35.5. The predicted octanol–water partition coefficient (Wildman–Crippen LogP) is 7.97. The van der Waals surface area contributed by atoms with Gasteiger partial charge in [-0.05, 0) is 148 Å². The van der Waals surface area contributed by atoms with Crippen molar-refractivity contribution in [2.45, 2.75) is 141 Å². The molecule has 0 radical (unpaired) electrons. The maximum Gasteiger partial charge on any atom is 0.239 e. The second-order valence-corrected chi connectivity index (χ2v) is 19.4. The van der Waals surface area contributed by atoms with Gasteiger partial charge >= 0.3 is 0 Å². The molecular weight excluding hydrogens is 805 g/mol. The van der Waals surface area contributed by atoms with Gasteiger partial charge in [-0.2, -0.15) is 0 Å². The van der Waals surface area contributed by atoms with E-state index < -0.39 is 6.04 Å². The first-order valence-electron chi connectivity index (χ1n) is 23.3. The third-order valence-electron chi connectivity index (χ3n) is 14.6. The van der Waals surface area contributed by atoms with Crippen LogP contribution in [0.3, 0.4) is 0 Å². The number of halogens is 2. The Bertz CT molecular complexity index is 1680. The van der Waals surface area contributed by atoms with Crippen LogP contribution in [0.2, 0.25) is 10.0 Å². The van der Waals surface area contributed by atoms with Gasteiger partial charge in [0, 0.05) is 55.7 Å². The van der Waals surface area contributed by atoms with E-state index in [1.165, 1.54) is 76.2 Å². The van der Waals surface area contributed by atoms with E-state index >= 15 is 0 Å². The number of amides is 2. The van der Waals surface area contributed by atoms with Crippen molar-refractivity contribution in [3.8, 4) is 0 Å². The van der Waals surface area contributed by atoms with Gasteiger partial charge in [0.2, 0.25) is 11.8 Å². The van der Waals surface area contributed by atoms with Gasteiger partial charge in [-0.15, -0.1) is 0 Å². The van der Waals surface area contributed by atoms with Gasteiger partial charge < -0.3 is 38.5 Å². The number of likely N-dealkylation sites (tertiary alicyclic amines) is 2. The molecule has 338 valence electrons. The Morgan fingerprint density at radius 3 is 1.46 bits per heavy atom. The molecule has 2 aliphatic heterocycles. The second-order valence-electron chi connectivity index (χ2n) is 18.5. The van der Waals surface area contributed by atoms with Crippen LogP contribution < -0.4 is 28.7 Å². The number of aliphatic imine (C=N–C) groups is 2. The van der Waals surface area contributed by atoms with Crippen LogP contribution in [0.5, 0.6) is 0 Å². The third-order valence-corrected chi connectivity index (χ3v) is 15.1. The summed E-state index contributed by atoms with van der Waals surface area (Å²) in [6.45, 7) is 4.76. The molecule has 0 aromatic heterocycles. The highest BCUT2D eigenvalue weighted by Gasteiger charge is 2.43.